The van der Waals surface area contributed by atoms with Crippen molar-refractivity contribution in [3.05, 3.63) is 29.8 Å². The number of amides is 3. The van der Waals surface area contributed by atoms with Crippen LogP contribution in [0.15, 0.2) is 24.3 Å². The van der Waals surface area contributed by atoms with E-state index in [1.54, 1.807) is 18.2 Å². The van der Waals surface area contributed by atoms with Crippen LogP contribution in [0, 0.1) is 17.2 Å². The standard InChI is InChI=1S/C14H15N3O2/c1-9(2)6-12-13(18)17(14(19)16-12)11-5-3-4-10(7-11)8-15/h3-5,7,9,12H,6H2,1-2H3,(H,16,19). The van der Waals surface area contributed by atoms with Crippen LogP contribution in [0.2, 0.25) is 0 Å². The lowest BCUT2D eigenvalue weighted by molar-refractivity contribution is -0.118. The normalized spacial score (nSPS) is 18.6. The molecule has 19 heavy (non-hydrogen) atoms. The van der Waals surface area contributed by atoms with Crippen molar-refractivity contribution in [1.82, 2.24) is 5.32 Å². The zero-order valence-electron chi connectivity index (χ0n) is 10.9. The van der Waals surface area contributed by atoms with Crippen molar-refractivity contribution in [2.75, 3.05) is 4.90 Å². The quantitative estimate of drug-likeness (QED) is 0.842. The van der Waals surface area contributed by atoms with Crippen molar-refractivity contribution in [3.8, 4) is 6.07 Å². The molecule has 0 spiro atoms. The van der Waals surface area contributed by atoms with Gasteiger partial charge in [0.1, 0.15) is 6.04 Å². The van der Waals surface area contributed by atoms with Gasteiger partial charge >= 0.3 is 6.03 Å². The first-order valence-electron chi connectivity index (χ1n) is 6.17. The summed E-state index contributed by atoms with van der Waals surface area (Å²) in [6.45, 7) is 4.00. The zero-order chi connectivity index (χ0) is 14.0. The molecule has 5 heteroatoms. The maximum atomic E-state index is 12.2. The lowest BCUT2D eigenvalue weighted by Gasteiger charge is -2.13. The molecule has 1 fully saturated rings. The fraction of sp³-hybridized carbons (Fsp3) is 0.357. The highest BCUT2D eigenvalue weighted by Crippen LogP contribution is 2.22. The van der Waals surface area contributed by atoms with Gasteiger partial charge in [0.25, 0.3) is 5.91 Å². The van der Waals surface area contributed by atoms with E-state index in [1.165, 1.54) is 6.07 Å². The van der Waals surface area contributed by atoms with E-state index in [1.807, 2.05) is 19.9 Å². The van der Waals surface area contributed by atoms with Crippen molar-refractivity contribution < 1.29 is 9.59 Å². The summed E-state index contributed by atoms with van der Waals surface area (Å²) in [7, 11) is 0. The minimum Gasteiger partial charge on any atom is -0.325 e. The predicted octanol–water partition coefficient (Wildman–Crippen LogP) is 2.03. The third kappa shape index (κ3) is 2.58. The summed E-state index contributed by atoms with van der Waals surface area (Å²) in [5.74, 6) is 0.0634. The summed E-state index contributed by atoms with van der Waals surface area (Å²) >= 11 is 0. The van der Waals surface area contributed by atoms with Crippen LogP contribution in [0.4, 0.5) is 10.5 Å². The maximum Gasteiger partial charge on any atom is 0.329 e. The molecule has 1 aliphatic heterocycles. The van der Waals surface area contributed by atoms with Crippen LogP contribution in [0.3, 0.4) is 0 Å². The zero-order valence-corrected chi connectivity index (χ0v) is 10.9. The van der Waals surface area contributed by atoms with Gasteiger partial charge < -0.3 is 5.32 Å². The molecule has 0 radical (unpaired) electrons. The van der Waals surface area contributed by atoms with E-state index in [-0.39, 0.29) is 5.91 Å². The second-order valence-electron chi connectivity index (χ2n) is 4.97. The molecule has 1 N–H and O–H groups in total. The molecular weight excluding hydrogens is 242 g/mol. The molecule has 1 aromatic rings. The first-order valence-corrected chi connectivity index (χ1v) is 6.17. The first kappa shape index (κ1) is 13.1. The van der Waals surface area contributed by atoms with Gasteiger partial charge in [-0.2, -0.15) is 5.26 Å². The van der Waals surface area contributed by atoms with Gasteiger partial charge in [0.15, 0.2) is 0 Å². The number of carbonyl (C=O) groups excluding carboxylic acids is 2. The highest BCUT2D eigenvalue weighted by molar-refractivity contribution is 6.21. The fourth-order valence-corrected chi connectivity index (χ4v) is 2.12. The van der Waals surface area contributed by atoms with Crippen LogP contribution in [-0.2, 0) is 4.79 Å². The summed E-state index contributed by atoms with van der Waals surface area (Å²) in [6, 6.07) is 7.57. The molecule has 1 saturated heterocycles. The SMILES string of the molecule is CC(C)CC1NC(=O)N(c2cccc(C#N)c2)C1=O. The largest absolute Gasteiger partial charge is 0.329 e. The third-order valence-corrected chi connectivity index (χ3v) is 2.96. The molecule has 3 amide bonds. The van der Waals surface area contributed by atoms with Gasteiger partial charge in [-0.25, -0.2) is 9.69 Å². The third-order valence-electron chi connectivity index (χ3n) is 2.96. The number of carbonyl (C=O) groups is 2. The molecule has 5 nitrogen and oxygen atoms in total. The van der Waals surface area contributed by atoms with Gasteiger partial charge in [0, 0.05) is 0 Å². The fourth-order valence-electron chi connectivity index (χ4n) is 2.12. The Bertz CT molecular complexity index is 560. The van der Waals surface area contributed by atoms with Crippen LogP contribution in [0.1, 0.15) is 25.8 Å². The second-order valence-corrected chi connectivity index (χ2v) is 4.97. The molecule has 1 aliphatic rings. The Morgan fingerprint density at radius 2 is 2.16 bits per heavy atom. The van der Waals surface area contributed by atoms with Gasteiger partial charge in [0.05, 0.1) is 17.3 Å². The van der Waals surface area contributed by atoms with Crippen LogP contribution < -0.4 is 10.2 Å². The van der Waals surface area contributed by atoms with Gasteiger partial charge in [-0.1, -0.05) is 19.9 Å². The molecule has 0 saturated carbocycles. The molecule has 1 unspecified atom stereocenters. The number of hydrogen-bond donors (Lipinski definition) is 1. The Kier molecular flexibility index (Phi) is 3.52. The molecule has 0 aliphatic carbocycles. The van der Waals surface area contributed by atoms with Crippen molar-refractivity contribution >= 4 is 17.6 Å². The lowest BCUT2D eigenvalue weighted by Crippen LogP contribution is -2.31. The number of nitrogens with zero attached hydrogens (tertiary/aromatic N) is 2. The van der Waals surface area contributed by atoms with Crippen LogP contribution >= 0.6 is 0 Å². The number of hydrogen-bond acceptors (Lipinski definition) is 3. The predicted molar refractivity (Wildman–Crippen MR) is 70.4 cm³/mol. The first-order chi connectivity index (χ1) is 9.02. The molecule has 0 bridgehead atoms. The lowest BCUT2D eigenvalue weighted by atomic mass is 10.0. The Hall–Kier alpha value is -2.35. The number of nitrogens with one attached hydrogen (secondary N) is 1. The molecule has 1 heterocycles. The van der Waals surface area contributed by atoms with E-state index >= 15 is 0 Å². The van der Waals surface area contributed by atoms with Crippen LogP contribution in [-0.4, -0.2) is 18.0 Å². The van der Waals surface area contributed by atoms with E-state index in [9.17, 15) is 9.59 Å². The van der Waals surface area contributed by atoms with Gasteiger partial charge in [-0.05, 0) is 30.5 Å². The Morgan fingerprint density at radius 1 is 1.42 bits per heavy atom. The smallest absolute Gasteiger partial charge is 0.325 e. The summed E-state index contributed by atoms with van der Waals surface area (Å²) in [5, 5.41) is 11.5. The molecule has 1 aromatic carbocycles. The number of nitriles is 1. The molecule has 1 atom stereocenters. The van der Waals surface area contributed by atoms with Crippen molar-refractivity contribution in [3.63, 3.8) is 0 Å². The van der Waals surface area contributed by atoms with Crippen LogP contribution in [0.25, 0.3) is 0 Å². The van der Waals surface area contributed by atoms with E-state index in [0.29, 0.717) is 23.6 Å². The molecule has 0 aromatic heterocycles. The number of urea groups is 1. The Morgan fingerprint density at radius 3 is 2.79 bits per heavy atom. The summed E-state index contributed by atoms with van der Waals surface area (Å²) in [4.78, 5) is 25.2. The molecular formula is C14H15N3O2. The number of benzene rings is 1. The average Bonchev–Trinajstić information content (AvgIpc) is 2.64. The minimum atomic E-state index is -0.474. The number of imide groups is 1. The van der Waals surface area contributed by atoms with E-state index in [4.69, 9.17) is 5.26 Å². The highest BCUT2D eigenvalue weighted by atomic mass is 16.2. The number of rotatable bonds is 3. The number of anilines is 1. The summed E-state index contributed by atoms with van der Waals surface area (Å²) in [6.07, 6.45) is 0.610. The summed E-state index contributed by atoms with van der Waals surface area (Å²) in [5.41, 5.74) is 0.859. The van der Waals surface area contributed by atoms with E-state index in [0.717, 1.165) is 4.90 Å². The minimum absolute atomic E-state index is 0.256. The van der Waals surface area contributed by atoms with Crippen molar-refractivity contribution in [2.24, 2.45) is 5.92 Å². The van der Waals surface area contributed by atoms with E-state index < -0.39 is 12.1 Å². The topological polar surface area (TPSA) is 73.2 Å². The van der Waals surface area contributed by atoms with Gasteiger partial charge in [0.2, 0.25) is 0 Å². The second kappa shape index (κ2) is 5.11. The van der Waals surface area contributed by atoms with Gasteiger partial charge in [-0.15, -0.1) is 0 Å². The molecule has 2 rings (SSSR count). The monoisotopic (exact) mass is 257 g/mol. The Labute approximate surface area is 111 Å². The van der Waals surface area contributed by atoms with Crippen molar-refractivity contribution in [1.29, 1.82) is 5.26 Å². The van der Waals surface area contributed by atoms with Crippen molar-refractivity contribution in [2.45, 2.75) is 26.3 Å². The molecule has 98 valence electrons. The summed E-state index contributed by atoms with van der Waals surface area (Å²) < 4.78 is 0. The van der Waals surface area contributed by atoms with E-state index in [2.05, 4.69) is 5.32 Å². The highest BCUT2D eigenvalue weighted by Gasteiger charge is 2.39. The van der Waals surface area contributed by atoms with Gasteiger partial charge in [-0.3, -0.25) is 4.79 Å². The van der Waals surface area contributed by atoms with Crippen LogP contribution in [0.5, 0.6) is 0 Å². The maximum absolute atomic E-state index is 12.2. The Balaban J connectivity index is 2.27. The average molecular weight is 257 g/mol.